The number of aliphatic hydroxyl groups is 2. The van der Waals surface area contributed by atoms with E-state index in [2.05, 4.69) is 27.5 Å². The number of likely N-dealkylation sites (tertiary alicyclic amines) is 1. The third kappa shape index (κ3) is 4.41. The highest BCUT2D eigenvalue weighted by molar-refractivity contribution is 6.02. The maximum Gasteiger partial charge on any atom is 0.407 e. The van der Waals surface area contributed by atoms with E-state index in [1.165, 1.54) is 4.90 Å². The van der Waals surface area contributed by atoms with E-state index < -0.39 is 35.7 Å². The number of guanidine groups is 1. The summed E-state index contributed by atoms with van der Waals surface area (Å²) >= 11 is 0. The van der Waals surface area contributed by atoms with Gasteiger partial charge in [-0.3, -0.25) is 14.5 Å². The van der Waals surface area contributed by atoms with Crippen LogP contribution in [-0.2, 0) is 14.3 Å². The lowest BCUT2D eigenvalue weighted by Gasteiger charge is -2.49. The molecule has 0 unspecified atom stereocenters. The number of imide groups is 1. The van der Waals surface area contributed by atoms with Crippen LogP contribution in [0.5, 0.6) is 0 Å². The first-order chi connectivity index (χ1) is 20.1. The maximum absolute atomic E-state index is 13.1. The number of nitrogens with one attached hydrogen (secondary N) is 3. The molecule has 0 aromatic heterocycles. The van der Waals surface area contributed by atoms with Crippen molar-refractivity contribution < 1.29 is 29.3 Å². The number of rotatable bonds is 7. The molecule has 1 spiro atoms. The minimum atomic E-state index is -2.68. The van der Waals surface area contributed by atoms with Crippen molar-refractivity contribution in [1.29, 1.82) is 0 Å². The van der Waals surface area contributed by atoms with Gasteiger partial charge in [0.25, 0.3) is 0 Å². The van der Waals surface area contributed by atoms with Gasteiger partial charge in [0.1, 0.15) is 0 Å². The van der Waals surface area contributed by atoms with Crippen molar-refractivity contribution in [3.63, 3.8) is 0 Å². The molecule has 4 heterocycles. The van der Waals surface area contributed by atoms with Gasteiger partial charge in [-0.15, -0.1) is 0 Å². The number of benzene rings is 2. The van der Waals surface area contributed by atoms with Gasteiger partial charge in [-0.1, -0.05) is 67.2 Å². The fourth-order valence-corrected chi connectivity index (χ4v) is 6.47. The van der Waals surface area contributed by atoms with Crippen LogP contribution in [0.15, 0.2) is 78.1 Å². The monoisotopic (exact) mass is 575 g/mol. The Hall–Kier alpha value is -4.62. The lowest BCUT2D eigenvalue weighted by atomic mass is 9.85. The summed E-state index contributed by atoms with van der Waals surface area (Å²) in [5, 5.41) is 32.1. The molecule has 0 saturated carbocycles. The van der Waals surface area contributed by atoms with Crippen molar-refractivity contribution in [1.82, 2.24) is 25.8 Å². The van der Waals surface area contributed by atoms with E-state index >= 15 is 0 Å². The second-order valence-corrected chi connectivity index (χ2v) is 10.9. The summed E-state index contributed by atoms with van der Waals surface area (Å²) in [5.41, 5.74) is 6.55. The summed E-state index contributed by atoms with van der Waals surface area (Å²) in [6.45, 7) is 3.78. The molecule has 0 bridgehead atoms. The van der Waals surface area contributed by atoms with Crippen LogP contribution in [-0.4, -0.2) is 93.2 Å². The highest BCUT2D eigenvalue weighted by Crippen LogP contribution is 2.45. The number of carbonyl (C=O) groups excluding carboxylic acids is 3. The molecular weight excluding hydrogens is 542 g/mol. The van der Waals surface area contributed by atoms with E-state index in [1.54, 1.807) is 0 Å². The van der Waals surface area contributed by atoms with Crippen LogP contribution in [0.4, 0.5) is 4.79 Å². The van der Waals surface area contributed by atoms with Gasteiger partial charge in [-0.05, 0) is 11.1 Å². The van der Waals surface area contributed by atoms with E-state index in [1.807, 2.05) is 60.7 Å². The van der Waals surface area contributed by atoms with Crippen LogP contribution in [0.3, 0.4) is 0 Å². The zero-order valence-corrected chi connectivity index (χ0v) is 22.8. The maximum atomic E-state index is 13.1. The second-order valence-electron chi connectivity index (χ2n) is 10.9. The SMILES string of the molecule is C=C1N[C@H]2[C@H](CN3C(=O)CCC3=O)N=C(N)N3C[C@H](OC(=O)NCC(c4ccccc4)c4ccccc4)C(O)(O)[C@]23N1. The van der Waals surface area contributed by atoms with E-state index in [4.69, 9.17) is 10.5 Å². The molecule has 0 radical (unpaired) electrons. The molecule has 3 fully saturated rings. The molecule has 7 N–H and O–H groups in total. The number of nitrogens with two attached hydrogens (primary N) is 1. The van der Waals surface area contributed by atoms with Crippen LogP contribution in [0, 0.1) is 0 Å². The Labute approximate surface area is 242 Å². The highest BCUT2D eigenvalue weighted by Gasteiger charge is 2.74. The molecule has 2 aromatic carbocycles. The van der Waals surface area contributed by atoms with E-state index in [9.17, 15) is 24.6 Å². The van der Waals surface area contributed by atoms with Crippen molar-refractivity contribution in [2.24, 2.45) is 10.7 Å². The van der Waals surface area contributed by atoms with Crippen LogP contribution in [0.2, 0.25) is 0 Å². The van der Waals surface area contributed by atoms with Gasteiger partial charge in [0.2, 0.25) is 17.6 Å². The number of hydrogen-bond donors (Lipinski definition) is 6. The van der Waals surface area contributed by atoms with Gasteiger partial charge in [-0.2, -0.15) is 0 Å². The van der Waals surface area contributed by atoms with Crippen molar-refractivity contribution in [3.8, 4) is 0 Å². The Morgan fingerprint density at radius 2 is 1.69 bits per heavy atom. The highest BCUT2D eigenvalue weighted by atomic mass is 16.6. The summed E-state index contributed by atoms with van der Waals surface area (Å²) in [6.07, 6.45) is -2.08. The van der Waals surface area contributed by atoms with Crippen molar-refractivity contribution in [2.75, 3.05) is 19.6 Å². The van der Waals surface area contributed by atoms with Crippen LogP contribution in [0.1, 0.15) is 29.9 Å². The van der Waals surface area contributed by atoms with Crippen LogP contribution < -0.4 is 21.7 Å². The molecule has 4 aliphatic rings. The molecule has 3 saturated heterocycles. The molecule has 13 nitrogen and oxygen atoms in total. The van der Waals surface area contributed by atoms with Gasteiger partial charge in [0.15, 0.2) is 17.7 Å². The molecule has 220 valence electrons. The van der Waals surface area contributed by atoms with Crippen molar-refractivity contribution in [3.05, 3.63) is 84.2 Å². The summed E-state index contributed by atoms with van der Waals surface area (Å²) < 4.78 is 5.61. The summed E-state index contributed by atoms with van der Waals surface area (Å²) in [6, 6.07) is 17.7. The third-order valence-electron chi connectivity index (χ3n) is 8.49. The predicted molar refractivity (Wildman–Crippen MR) is 150 cm³/mol. The van der Waals surface area contributed by atoms with Gasteiger partial charge < -0.3 is 41.5 Å². The first-order valence-electron chi connectivity index (χ1n) is 13.8. The summed E-state index contributed by atoms with van der Waals surface area (Å²) in [5.74, 6) is -3.32. The Bertz CT molecular complexity index is 1380. The number of nitrogens with zero attached hydrogens (tertiary/aromatic N) is 3. The lowest BCUT2D eigenvalue weighted by molar-refractivity contribution is -0.257. The standard InChI is InChI=1S/C29H33N7O6/c1-17-32-25-21(15-35-23(37)12-13-24(35)38)33-26(30)36-16-22(29(40,41)28(25,36)34-17)42-27(39)31-14-20(18-8-4-2-5-9-18)19-10-6-3-7-11-19/h2-11,20-22,25,32,34,40-41H,1,12-16H2,(H2,30,33)(H,31,39)/t21-,22-,25-,28-/m0/s1. The first-order valence-corrected chi connectivity index (χ1v) is 13.8. The number of ether oxygens (including phenoxy) is 1. The molecule has 3 amide bonds. The minimum absolute atomic E-state index is 0.0634. The zero-order chi connectivity index (χ0) is 29.6. The number of carbonyl (C=O) groups is 3. The molecule has 0 aliphatic carbocycles. The summed E-state index contributed by atoms with van der Waals surface area (Å²) in [7, 11) is 0. The predicted octanol–water partition coefficient (Wildman–Crippen LogP) is -0.515. The number of alkyl carbamates (subject to hydrolysis) is 1. The quantitative estimate of drug-likeness (QED) is 0.186. The van der Waals surface area contributed by atoms with E-state index in [-0.39, 0.29) is 62.0 Å². The molecule has 13 heteroatoms. The molecule has 42 heavy (non-hydrogen) atoms. The Kier molecular flexibility index (Phi) is 6.78. The largest absolute Gasteiger partial charge is 0.438 e. The van der Waals surface area contributed by atoms with Crippen LogP contribution >= 0.6 is 0 Å². The average molecular weight is 576 g/mol. The fourth-order valence-electron chi connectivity index (χ4n) is 6.47. The fraction of sp³-hybridized carbons (Fsp3) is 0.379. The number of amides is 3. The minimum Gasteiger partial charge on any atom is -0.438 e. The molecule has 2 aromatic rings. The smallest absolute Gasteiger partial charge is 0.407 e. The first kappa shape index (κ1) is 27.5. The average Bonchev–Trinajstić information content (AvgIpc) is 3.57. The third-order valence-corrected chi connectivity index (χ3v) is 8.49. The van der Waals surface area contributed by atoms with Crippen molar-refractivity contribution >= 4 is 23.9 Å². The lowest BCUT2D eigenvalue weighted by Crippen LogP contribution is -2.77. The Morgan fingerprint density at radius 3 is 2.29 bits per heavy atom. The Balaban J connectivity index is 1.21. The molecular formula is C29H33N7O6. The van der Waals surface area contributed by atoms with Crippen molar-refractivity contribution in [2.45, 2.75) is 48.4 Å². The number of aliphatic imine (C=N–C) groups is 1. The summed E-state index contributed by atoms with van der Waals surface area (Å²) in [4.78, 5) is 44.7. The van der Waals surface area contributed by atoms with Crippen LogP contribution in [0.25, 0.3) is 0 Å². The normalized spacial score (nSPS) is 27.7. The van der Waals surface area contributed by atoms with Gasteiger partial charge in [-0.25, -0.2) is 9.79 Å². The molecule has 6 rings (SSSR count). The van der Waals surface area contributed by atoms with Gasteiger partial charge >= 0.3 is 6.09 Å². The molecule has 4 atom stereocenters. The topological polar surface area (TPSA) is 182 Å². The molecule has 4 aliphatic heterocycles. The zero-order valence-electron chi connectivity index (χ0n) is 22.8. The van der Waals surface area contributed by atoms with E-state index in [0.717, 1.165) is 16.0 Å². The number of hydrogen-bond acceptors (Lipinski definition) is 11. The van der Waals surface area contributed by atoms with Gasteiger partial charge in [0.05, 0.1) is 31.0 Å². The second kappa shape index (κ2) is 10.3. The Morgan fingerprint density at radius 1 is 1.10 bits per heavy atom. The van der Waals surface area contributed by atoms with Gasteiger partial charge in [0, 0.05) is 25.3 Å². The van der Waals surface area contributed by atoms with E-state index in [0.29, 0.717) is 0 Å².